The van der Waals surface area contributed by atoms with Gasteiger partial charge >= 0.3 is 0 Å². The van der Waals surface area contributed by atoms with Crippen molar-refractivity contribution in [1.29, 1.82) is 0 Å². The van der Waals surface area contributed by atoms with Crippen LogP contribution in [0.2, 0.25) is 0 Å². The van der Waals surface area contributed by atoms with Crippen LogP contribution in [-0.2, 0) is 16.1 Å². The first-order chi connectivity index (χ1) is 8.15. The highest BCUT2D eigenvalue weighted by atomic mass is 16.5. The predicted octanol–water partition coefficient (Wildman–Crippen LogP) is 1.04. The van der Waals surface area contributed by atoms with Gasteiger partial charge < -0.3 is 20.5 Å². The van der Waals surface area contributed by atoms with Crippen molar-refractivity contribution in [3.8, 4) is 0 Å². The topological polar surface area (TPSA) is 82.3 Å². The van der Waals surface area contributed by atoms with Crippen LogP contribution in [0, 0.1) is 0 Å². The summed E-state index contributed by atoms with van der Waals surface area (Å²) in [6.07, 6.45) is 0.113. The minimum Gasteiger partial charge on any atom is -0.384 e. The van der Waals surface area contributed by atoms with Gasteiger partial charge in [0.15, 0.2) is 5.82 Å². The Balaban J connectivity index is 2.61. The Hall–Kier alpha value is -1.40. The van der Waals surface area contributed by atoms with Crippen molar-refractivity contribution in [2.24, 2.45) is 0 Å². The molecule has 0 bridgehead atoms. The maximum Gasteiger partial charge on any atom is 0.158 e. The molecule has 1 heterocycles. The number of methoxy groups -OCH3 is 1. The average molecular weight is 240 g/mol. The number of nitrogens with zero attached hydrogens (tertiary/aromatic N) is 2. The van der Waals surface area contributed by atoms with Crippen LogP contribution in [0.5, 0.6) is 0 Å². The highest BCUT2D eigenvalue weighted by molar-refractivity contribution is 5.44. The lowest BCUT2D eigenvalue weighted by Gasteiger charge is -2.12. The number of ether oxygens (including phenoxy) is 2. The van der Waals surface area contributed by atoms with Crippen LogP contribution in [0.1, 0.15) is 19.7 Å². The second-order valence-corrected chi connectivity index (χ2v) is 3.66. The molecule has 1 aromatic heterocycles. The predicted molar refractivity (Wildman–Crippen MR) is 66.7 cm³/mol. The summed E-state index contributed by atoms with van der Waals surface area (Å²) in [6, 6.07) is 1.69. The summed E-state index contributed by atoms with van der Waals surface area (Å²) in [5.74, 6) is 1.71. The van der Waals surface area contributed by atoms with Gasteiger partial charge in [-0.15, -0.1) is 0 Å². The zero-order chi connectivity index (χ0) is 12.7. The van der Waals surface area contributed by atoms with Gasteiger partial charge in [-0.1, -0.05) is 0 Å². The first kappa shape index (κ1) is 13.7. The van der Waals surface area contributed by atoms with Gasteiger partial charge in [-0.05, 0) is 13.8 Å². The molecule has 0 spiro atoms. The molecule has 1 aromatic rings. The molecule has 1 rings (SSSR count). The largest absolute Gasteiger partial charge is 0.384 e. The Kier molecular flexibility index (Phi) is 5.65. The van der Waals surface area contributed by atoms with Gasteiger partial charge in [0.1, 0.15) is 18.2 Å². The summed E-state index contributed by atoms with van der Waals surface area (Å²) < 4.78 is 10.4. The fraction of sp³-hybridized carbons (Fsp3) is 0.636. The number of nitrogens with one attached hydrogen (secondary N) is 1. The molecule has 0 aliphatic heterocycles. The van der Waals surface area contributed by atoms with E-state index in [1.54, 1.807) is 13.2 Å². The monoisotopic (exact) mass is 240 g/mol. The molecule has 0 saturated carbocycles. The van der Waals surface area contributed by atoms with Gasteiger partial charge in [-0.3, -0.25) is 0 Å². The molecule has 0 aliphatic rings. The molecular formula is C11H20N4O2. The van der Waals surface area contributed by atoms with Crippen molar-refractivity contribution in [2.45, 2.75) is 26.6 Å². The molecule has 0 aromatic carbocycles. The molecule has 0 amide bonds. The normalized spacial score (nSPS) is 12.4. The molecule has 3 N–H and O–H groups in total. The lowest BCUT2D eigenvalue weighted by atomic mass is 10.4. The molecule has 0 radical (unpaired) electrons. The van der Waals surface area contributed by atoms with Crippen molar-refractivity contribution < 1.29 is 9.47 Å². The molecule has 0 saturated heterocycles. The molecule has 17 heavy (non-hydrogen) atoms. The Morgan fingerprint density at radius 3 is 2.88 bits per heavy atom. The maximum absolute atomic E-state index is 5.69. The van der Waals surface area contributed by atoms with E-state index in [1.807, 2.05) is 13.8 Å². The zero-order valence-corrected chi connectivity index (χ0v) is 10.6. The number of aromatic nitrogens is 2. The molecule has 0 aliphatic carbocycles. The van der Waals surface area contributed by atoms with Crippen LogP contribution in [0.15, 0.2) is 6.07 Å². The summed E-state index contributed by atoms with van der Waals surface area (Å²) in [4.78, 5) is 8.38. The van der Waals surface area contributed by atoms with E-state index in [9.17, 15) is 0 Å². The third-order valence-electron chi connectivity index (χ3n) is 2.20. The first-order valence-corrected chi connectivity index (χ1v) is 5.63. The number of nitrogens with two attached hydrogens (primary N) is 1. The summed E-state index contributed by atoms with van der Waals surface area (Å²) in [5.41, 5.74) is 5.69. The molecule has 1 atom stereocenters. The smallest absolute Gasteiger partial charge is 0.158 e. The number of nitrogen functional groups attached to an aromatic ring is 1. The van der Waals surface area contributed by atoms with Crippen LogP contribution in [0.4, 0.5) is 11.6 Å². The minimum absolute atomic E-state index is 0.113. The third kappa shape index (κ3) is 4.97. The lowest BCUT2D eigenvalue weighted by molar-refractivity contribution is 0.127. The van der Waals surface area contributed by atoms with Crippen LogP contribution in [0.25, 0.3) is 0 Å². The van der Waals surface area contributed by atoms with Gasteiger partial charge in [0.2, 0.25) is 0 Å². The van der Waals surface area contributed by atoms with Crippen molar-refractivity contribution in [2.75, 3.05) is 31.3 Å². The highest BCUT2D eigenvalue weighted by Crippen LogP contribution is 2.09. The quantitative estimate of drug-likeness (QED) is 0.741. The van der Waals surface area contributed by atoms with E-state index in [-0.39, 0.29) is 6.10 Å². The van der Waals surface area contributed by atoms with Gasteiger partial charge in [-0.25, -0.2) is 9.97 Å². The van der Waals surface area contributed by atoms with Crippen molar-refractivity contribution in [3.05, 3.63) is 11.9 Å². The minimum atomic E-state index is 0.113. The van der Waals surface area contributed by atoms with E-state index in [1.165, 1.54) is 0 Å². The Bertz CT molecular complexity index is 346. The number of hydrogen-bond donors (Lipinski definition) is 2. The SMILES string of the molecule is CCOCc1nc(N)cc(NCC(C)OC)n1. The van der Waals surface area contributed by atoms with Crippen LogP contribution < -0.4 is 11.1 Å². The van der Waals surface area contributed by atoms with E-state index in [0.29, 0.717) is 37.2 Å². The number of hydrogen-bond acceptors (Lipinski definition) is 6. The third-order valence-corrected chi connectivity index (χ3v) is 2.20. The Morgan fingerprint density at radius 2 is 2.24 bits per heavy atom. The van der Waals surface area contributed by atoms with Crippen molar-refractivity contribution in [1.82, 2.24) is 9.97 Å². The fourth-order valence-electron chi connectivity index (χ4n) is 1.20. The first-order valence-electron chi connectivity index (χ1n) is 5.63. The lowest BCUT2D eigenvalue weighted by Crippen LogP contribution is -2.19. The molecule has 6 heteroatoms. The standard InChI is InChI=1S/C11H20N4O2/c1-4-17-7-11-14-9(12)5-10(15-11)13-6-8(2)16-3/h5,8H,4,6-7H2,1-3H3,(H3,12,13,14,15). The van der Waals surface area contributed by atoms with Crippen LogP contribution in [0.3, 0.4) is 0 Å². The maximum atomic E-state index is 5.69. The fourth-order valence-corrected chi connectivity index (χ4v) is 1.20. The van der Waals surface area contributed by atoms with Gasteiger partial charge in [0.05, 0.1) is 6.10 Å². The Labute approximate surface area is 102 Å². The summed E-state index contributed by atoms with van der Waals surface area (Å²) in [5, 5.41) is 3.14. The summed E-state index contributed by atoms with van der Waals surface area (Å²) >= 11 is 0. The van der Waals surface area contributed by atoms with Crippen LogP contribution >= 0.6 is 0 Å². The molecule has 0 fully saturated rings. The molecule has 1 unspecified atom stereocenters. The van der Waals surface area contributed by atoms with Crippen LogP contribution in [-0.4, -0.2) is 36.3 Å². The van der Waals surface area contributed by atoms with Crippen molar-refractivity contribution >= 4 is 11.6 Å². The highest BCUT2D eigenvalue weighted by Gasteiger charge is 2.04. The zero-order valence-electron chi connectivity index (χ0n) is 10.6. The van der Waals surface area contributed by atoms with E-state index in [0.717, 1.165) is 0 Å². The molecule has 6 nitrogen and oxygen atoms in total. The van der Waals surface area contributed by atoms with Gasteiger partial charge in [-0.2, -0.15) is 0 Å². The van der Waals surface area contributed by atoms with Crippen molar-refractivity contribution in [3.63, 3.8) is 0 Å². The van der Waals surface area contributed by atoms with E-state index in [2.05, 4.69) is 15.3 Å². The molecule has 96 valence electrons. The summed E-state index contributed by atoms with van der Waals surface area (Å²) in [6.45, 7) is 5.56. The summed E-state index contributed by atoms with van der Waals surface area (Å²) in [7, 11) is 1.67. The number of rotatable bonds is 7. The van der Waals surface area contributed by atoms with E-state index in [4.69, 9.17) is 15.2 Å². The Morgan fingerprint density at radius 1 is 1.47 bits per heavy atom. The van der Waals surface area contributed by atoms with Gasteiger partial charge in [0.25, 0.3) is 0 Å². The number of anilines is 2. The second kappa shape index (κ2) is 7.03. The van der Waals surface area contributed by atoms with E-state index >= 15 is 0 Å². The average Bonchev–Trinajstić information content (AvgIpc) is 2.32. The molecular weight excluding hydrogens is 220 g/mol. The van der Waals surface area contributed by atoms with Gasteiger partial charge in [0, 0.05) is 26.3 Å². The second-order valence-electron chi connectivity index (χ2n) is 3.66. The van der Waals surface area contributed by atoms with E-state index < -0.39 is 0 Å².